The molecule has 1 atom stereocenters. The molecule has 0 spiro atoms. The Labute approximate surface area is 127 Å². The third-order valence-corrected chi connectivity index (χ3v) is 4.40. The highest BCUT2D eigenvalue weighted by Gasteiger charge is 2.27. The number of hydrogen-bond acceptors (Lipinski definition) is 2. The van der Waals surface area contributed by atoms with Crippen molar-refractivity contribution in [2.24, 2.45) is 0 Å². The molecule has 2 heterocycles. The van der Waals surface area contributed by atoms with Crippen LogP contribution in [0.3, 0.4) is 0 Å². The summed E-state index contributed by atoms with van der Waals surface area (Å²) in [7, 11) is 2.04. The average molecular weight is 299 g/mol. The summed E-state index contributed by atoms with van der Waals surface area (Å²) in [5.41, 5.74) is 3.99. The monoisotopic (exact) mass is 299 g/mol. The van der Waals surface area contributed by atoms with Crippen molar-refractivity contribution in [2.75, 3.05) is 13.6 Å². The van der Waals surface area contributed by atoms with Gasteiger partial charge in [0.25, 0.3) is 0 Å². The third kappa shape index (κ3) is 2.03. The highest BCUT2D eigenvalue weighted by atomic mass is 19.2. The minimum atomic E-state index is -0.811. The molecule has 0 saturated heterocycles. The number of furan rings is 1. The molecule has 4 rings (SSSR count). The number of rotatable bonds is 1. The van der Waals surface area contributed by atoms with E-state index in [4.69, 9.17) is 4.42 Å². The van der Waals surface area contributed by atoms with Crippen LogP contribution in [0.2, 0.25) is 0 Å². The standard InChI is InChI=1S/C18H15F2NO/c1-21-9-12-3-5-17-13(6-7-22-17)18(12)14(10-21)11-2-4-15(19)16(20)8-11/h2-8,14H,9-10H2,1H3. The number of nitrogens with zero attached hydrogens (tertiary/aromatic N) is 1. The first-order valence-electron chi connectivity index (χ1n) is 7.26. The summed E-state index contributed by atoms with van der Waals surface area (Å²) in [6.07, 6.45) is 1.67. The lowest BCUT2D eigenvalue weighted by atomic mass is 9.83. The van der Waals surface area contributed by atoms with E-state index in [9.17, 15) is 8.78 Å². The quantitative estimate of drug-likeness (QED) is 0.666. The SMILES string of the molecule is CN1Cc2ccc3occc3c2C(c2ccc(F)c(F)c2)C1. The summed E-state index contributed by atoms with van der Waals surface area (Å²) in [4.78, 5) is 2.19. The van der Waals surface area contributed by atoms with Crippen LogP contribution >= 0.6 is 0 Å². The molecule has 1 unspecified atom stereocenters. The number of fused-ring (bicyclic) bond motifs is 3. The van der Waals surface area contributed by atoms with Crippen molar-refractivity contribution in [1.29, 1.82) is 0 Å². The van der Waals surface area contributed by atoms with Crippen molar-refractivity contribution in [3.05, 3.63) is 71.0 Å². The fourth-order valence-corrected chi connectivity index (χ4v) is 3.42. The van der Waals surface area contributed by atoms with Crippen LogP contribution in [0.25, 0.3) is 11.0 Å². The zero-order chi connectivity index (χ0) is 15.3. The highest BCUT2D eigenvalue weighted by Crippen LogP contribution is 2.38. The van der Waals surface area contributed by atoms with Crippen molar-refractivity contribution in [2.45, 2.75) is 12.5 Å². The van der Waals surface area contributed by atoms with Gasteiger partial charge >= 0.3 is 0 Å². The Balaban J connectivity index is 1.94. The van der Waals surface area contributed by atoms with Crippen LogP contribution in [0.4, 0.5) is 8.78 Å². The summed E-state index contributed by atoms with van der Waals surface area (Å²) in [5, 5.41) is 1.06. The molecule has 1 aromatic heterocycles. The van der Waals surface area contributed by atoms with Crippen LogP contribution in [0.1, 0.15) is 22.6 Å². The van der Waals surface area contributed by atoms with Crippen LogP contribution in [-0.2, 0) is 6.54 Å². The molecule has 0 amide bonds. The zero-order valence-corrected chi connectivity index (χ0v) is 12.1. The zero-order valence-electron chi connectivity index (χ0n) is 12.1. The van der Waals surface area contributed by atoms with Crippen LogP contribution in [0, 0.1) is 11.6 Å². The fourth-order valence-electron chi connectivity index (χ4n) is 3.42. The lowest BCUT2D eigenvalue weighted by molar-refractivity contribution is 0.296. The molecule has 22 heavy (non-hydrogen) atoms. The molecule has 2 nitrogen and oxygen atoms in total. The second-order valence-corrected chi connectivity index (χ2v) is 5.89. The lowest BCUT2D eigenvalue weighted by Gasteiger charge is -2.33. The highest BCUT2D eigenvalue weighted by molar-refractivity contribution is 5.83. The topological polar surface area (TPSA) is 16.4 Å². The summed E-state index contributed by atoms with van der Waals surface area (Å²) < 4.78 is 32.4. The van der Waals surface area contributed by atoms with Gasteiger partial charge in [0.1, 0.15) is 5.58 Å². The van der Waals surface area contributed by atoms with Crippen molar-refractivity contribution in [1.82, 2.24) is 4.90 Å². The van der Waals surface area contributed by atoms with E-state index in [-0.39, 0.29) is 5.92 Å². The van der Waals surface area contributed by atoms with E-state index in [0.717, 1.165) is 35.2 Å². The van der Waals surface area contributed by atoms with Crippen LogP contribution in [-0.4, -0.2) is 18.5 Å². The molecule has 0 radical (unpaired) electrons. The van der Waals surface area contributed by atoms with Crippen LogP contribution < -0.4 is 0 Å². The van der Waals surface area contributed by atoms with E-state index in [1.165, 1.54) is 17.7 Å². The second-order valence-electron chi connectivity index (χ2n) is 5.89. The molecule has 0 saturated carbocycles. The first-order chi connectivity index (χ1) is 10.6. The number of hydrogen-bond donors (Lipinski definition) is 0. The Morgan fingerprint density at radius 3 is 2.77 bits per heavy atom. The maximum absolute atomic E-state index is 13.7. The predicted molar refractivity (Wildman–Crippen MR) is 80.7 cm³/mol. The van der Waals surface area contributed by atoms with Gasteiger partial charge in [-0.2, -0.15) is 0 Å². The number of benzene rings is 2. The Hall–Kier alpha value is -2.20. The van der Waals surface area contributed by atoms with E-state index in [1.54, 1.807) is 12.3 Å². The first kappa shape index (κ1) is 13.5. The Morgan fingerprint density at radius 2 is 1.95 bits per heavy atom. The molecule has 0 fully saturated rings. The van der Waals surface area contributed by atoms with Gasteiger partial charge in [0.05, 0.1) is 6.26 Å². The maximum atomic E-state index is 13.7. The van der Waals surface area contributed by atoms with E-state index >= 15 is 0 Å². The molecule has 112 valence electrons. The van der Waals surface area contributed by atoms with Gasteiger partial charge in [0, 0.05) is 24.4 Å². The summed E-state index contributed by atoms with van der Waals surface area (Å²) in [5.74, 6) is -1.61. The van der Waals surface area contributed by atoms with Gasteiger partial charge in [-0.05, 0) is 48.0 Å². The normalized spacial score (nSPS) is 18.6. The Kier molecular flexibility index (Phi) is 3.01. The molecule has 3 aromatic rings. The minimum absolute atomic E-state index is 0.00477. The van der Waals surface area contributed by atoms with E-state index in [0.29, 0.717) is 0 Å². The third-order valence-electron chi connectivity index (χ3n) is 4.40. The van der Waals surface area contributed by atoms with Crippen molar-refractivity contribution in [3.63, 3.8) is 0 Å². The van der Waals surface area contributed by atoms with Crippen LogP contribution in [0.15, 0.2) is 47.1 Å². The first-order valence-corrected chi connectivity index (χ1v) is 7.26. The molecule has 0 bridgehead atoms. The van der Waals surface area contributed by atoms with Gasteiger partial charge in [-0.15, -0.1) is 0 Å². The minimum Gasteiger partial charge on any atom is -0.464 e. The van der Waals surface area contributed by atoms with Gasteiger partial charge in [0.15, 0.2) is 11.6 Å². The number of halogens is 2. The molecule has 0 aliphatic carbocycles. The average Bonchev–Trinajstić information content (AvgIpc) is 2.97. The van der Waals surface area contributed by atoms with Crippen LogP contribution in [0.5, 0.6) is 0 Å². The van der Waals surface area contributed by atoms with Crippen molar-refractivity contribution < 1.29 is 13.2 Å². The Bertz CT molecular complexity index is 855. The predicted octanol–water partition coefficient (Wildman–Crippen LogP) is 4.29. The van der Waals surface area contributed by atoms with Gasteiger partial charge in [0.2, 0.25) is 0 Å². The molecule has 4 heteroatoms. The molecule has 0 N–H and O–H groups in total. The number of likely N-dealkylation sites (N-methyl/N-ethyl adjacent to an activating group) is 1. The maximum Gasteiger partial charge on any atom is 0.159 e. The molecule has 1 aliphatic rings. The van der Waals surface area contributed by atoms with E-state index in [2.05, 4.69) is 11.0 Å². The summed E-state index contributed by atoms with van der Waals surface area (Å²) in [6, 6.07) is 10.2. The van der Waals surface area contributed by atoms with Gasteiger partial charge in [-0.3, -0.25) is 0 Å². The largest absolute Gasteiger partial charge is 0.464 e. The van der Waals surface area contributed by atoms with Gasteiger partial charge in [-0.25, -0.2) is 8.78 Å². The molecule has 1 aliphatic heterocycles. The smallest absolute Gasteiger partial charge is 0.159 e. The van der Waals surface area contributed by atoms with Crippen molar-refractivity contribution in [3.8, 4) is 0 Å². The van der Waals surface area contributed by atoms with E-state index in [1.807, 2.05) is 19.2 Å². The summed E-state index contributed by atoms with van der Waals surface area (Å²) >= 11 is 0. The molecule has 2 aromatic carbocycles. The summed E-state index contributed by atoms with van der Waals surface area (Å²) in [6.45, 7) is 1.61. The van der Waals surface area contributed by atoms with E-state index < -0.39 is 11.6 Å². The molecular formula is C18H15F2NO. The fraction of sp³-hybridized carbons (Fsp3) is 0.222. The second kappa shape index (κ2) is 4.92. The van der Waals surface area contributed by atoms with Crippen molar-refractivity contribution >= 4 is 11.0 Å². The Morgan fingerprint density at radius 1 is 1.09 bits per heavy atom. The molecular weight excluding hydrogens is 284 g/mol. The van der Waals surface area contributed by atoms with Gasteiger partial charge in [-0.1, -0.05) is 12.1 Å². The lowest BCUT2D eigenvalue weighted by Crippen LogP contribution is -2.31. The van der Waals surface area contributed by atoms with Gasteiger partial charge < -0.3 is 9.32 Å².